The lowest BCUT2D eigenvalue weighted by molar-refractivity contribution is -0.139. The van der Waals surface area contributed by atoms with Gasteiger partial charge in [-0.05, 0) is 48.3 Å². The Kier molecular flexibility index (Phi) is 4.99. The molecule has 1 aliphatic carbocycles. The molecule has 0 saturated heterocycles. The van der Waals surface area contributed by atoms with Crippen molar-refractivity contribution in [3.05, 3.63) is 23.8 Å². The Morgan fingerprint density at radius 1 is 1.41 bits per heavy atom. The molecule has 0 bridgehead atoms. The lowest BCUT2D eigenvalue weighted by Gasteiger charge is -2.39. The van der Waals surface area contributed by atoms with E-state index in [-0.39, 0.29) is 12.4 Å². The number of anilines is 2. The van der Waals surface area contributed by atoms with E-state index in [1.54, 1.807) is 0 Å². The largest absolute Gasteiger partial charge is 0.469 e. The van der Waals surface area contributed by atoms with Crippen molar-refractivity contribution in [2.75, 3.05) is 18.2 Å². The van der Waals surface area contributed by atoms with E-state index in [2.05, 4.69) is 30.8 Å². The van der Waals surface area contributed by atoms with Crippen molar-refractivity contribution in [1.82, 2.24) is 0 Å². The smallest absolute Gasteiger partial charge is 0.309 e. The Bertz CT molecular complexity index is 540. The number of nitrogen functional groups attached to an aromatic ring is 1. The van der Waals surface area contributed by atoms with Crippen LogP contribution in [0.1, 0.15) is 45.6 Å². The molecule has 0 spiro atoms. The quantitative estimate of drug-likeness (QED) is 0.659. The highest BCUT2D eigenvalue weighted by atomic mass is 16.5. The molecule has 1 fully saturated rings. The zero-order valence-electron chi connectivity index (χ0n) is 14.1. The third kappa shape index (κ3) is 4.39. The first-order chi connectivity index (χ1) is 10.3. The zero-order valence-corrected chi connectivity index (χ0v) is 14.1. The maximum atomic E-state index is 11.3. The van der Waals surface area contributed by atoms with Crippen LogP contribution in [-0.2, 0) is 16.0 Å². The molecule has 2 atom stereocenters. The van der Waals surface area contributed by atoms with Gasteiger partial charge in [-0.3, -0.25) is 4.79 Å². The van der Waals surface area contributed by atoms with Gasteiger partial charge >= 0.3 is 5.97 Å². The molecule has 0 aromatic heterocycles. The van der Waals surface area contributed by atoms with Crippen molar-refractivity contribution >= 4 is 17.3 Å². The normalized spacial score (nSPS) is 23.8. The van der Waals surface area contributed by atoms with Crippen molar-refractivity contribution < 1.29 is 9.53 Å². The molecule has 1 aliphatic rings. The van der Waals surface area contributed by atoms with E-state index in [9.17, 15) is 4.79 Å². The van der Waals surface area contributed by atoms with Crippen LogP contribution in [0.15, 0.2) is 18.2 Å². The number of nitrogens with two attached hydrogens (primary N) is 1. The molecule has 3 N–H and O–H groups in total. The molecule has 1 aromatic carbocycles. The molecular formula is C18H28N2O2. The summed E-state index contributed by atoms with van der Waals surface area (Å²) >= 11 is 0. The minimum absolute atomic E-state index is 0.247. The zero-order chi connectivity index (χ0) is 16.3. The van der Waals surface area contributed by atoms with E-state index >= 15 is 0 Å². The van der Waals surface area contributed by atoms with Crippen molar-refractivity contribution in [2.24, 2.45) is 11.3 Å². The van der Waals surface area contributed by atoms with Crippen LogP contribution in [0, 0.1) is 11.3 Å². The van der Waals surface area contributed by atoms with Crippen molar-refractivity contribution in [3.63, 3.8) is 0 Å². The monoisotopic (exact) mass is 304 g/mol. The second-order valence-corrected chi connectivity index (χ2v) is 7.43. The van der Waals surface area contributed by atoms with Gasteiger partial charge in [0.1, 0.15) is 0 Å². The number of carbonyl (C=O) groups is 1. The molecule has 0 amide bonds. The number of esters is 1. The molecule has 122 valence electrons. The van der Waals surface area contributed by atoms with Gasteiger partial charge in [-0.1, -0.05) is 26.8 Å². The fourth-order valence-electron chi connectivity index (χ4n) is 3.77. The second kappa shape index (κ2) is 6.59. The number of ether oxygens (including phenoxy) is 1. The minimum atomic E-state index is -0.247. The van der Waals surface area contributed by atoms with Gasteiger partial charge in [-0.2, -0.15) is 0 Å². The van der Waals surface area contributed by atoms with Gasteiger partial charge in [0.25, 0.3) is 0 Å². The summed E-state index contributed by atoms with van der Waals surface area (Å²) in [5.41, 5.74) is 9.05. The van der Waals surface area contributed by atoms with Gasteiger partial charge in [-0.15, -0.1) is 0 Å². The van der Waals surface area contributed by atoms with Crippen LogP contribution in [0.3, 0.4) is 0 Å². The first-order valence-electron chi connectivity index (χ1n) is 8.01. The number of carbonyl (C=O) groups excluding carboxylic acids is 1. The van der Waals surface area contributed by atoms with E-state index in [1.807, 2.05) is 18.2 Å². The third-order valence-electron chi connectivity index (χ3n) is 4.44. The minimum Gasteiger partial charge on any atom is -0.469 e. The van der Waals surface area contributed by atoms with E-state index in [0.717, 1.165) is 23.6 Å². The molecule has 4 nitrogen and oxygen atoms in total. The summed E-state index contributed by atoms with van der Waals surface area (Å²) in [6.45, 7) is 6.98. The summed E-state index contributed by atoms with van der Waals surface area (Å²) in [7, 11) is 1.40. The van der Waals surface area contributed by atoms with Crippen LogP contribution in [0.5, 0.6) is 0 Å². The molecule has 1 aromatic rings. The van der Waals surface area contributed by atoms with Crippen LogP contribution in [0.2, 0.25) is 0 Å². The van der Waals surface area contributed by atoms with Gasteiger partial charge in [0.15, 0.2) is 0 Å². The van der Waals surface area contributed by atoms with E-state index in [0.29, 0.717) is 17.1 Å². The number of methoxy groups -OCH3 is 1. The Hall–Kier alpha value is -1.71. The molecule has 4 heteroatoms. The van der Waals surface area contributed by atoms with Crippen LogP contribution in [0.4, 0.5) is 11.4 Å². The Balaban J connectivity index is 2.05. The van der Waals surface area contributed by atoms with Gasteiger partial charge in [0.2, 0.25) is 0 Å². The number of benzene rings is 1. The third-order valence-corrected chi connectivity index (χ3v) is 4.44. The molecule has 0 unspecified atom stereocenters. The fraction of sp³-hybridized carbons (Fsp3) is 0.611. The van der Waals surface area contributed by atoms with Crippen molar-refractivity contribution in [3.8, 4) is 0 Å². The maximum absolute atomic E-state index is 11.3. The highest BCUT2D eigenvalue weighted by molar-refractivity contribution is 5.75. The van der Waals surface area contributed by atoms with E-state index < -0.39 is 0 Å². The molecule has 2 rings (SSSR count). The topological polar surface area (TPSA) is 64.3 Å². The maximum Gasteiger partial charge on any atom is 0.309 e. The molecule has 0 radical (unpaired) electrons. The van der Waals surface area contributed by atoms with E-state index in [4.69, 9.17) is 5.73 Å². The predicted octanol–water partition coefficient (Wildman–Crippen LogP) is 3.61. The lowest BCUT2D eigenvalue weighted by Crippen LogP contribution is -2.35. The predicted molar refractivity (Wildman–Crippen MR) is 90.8 cm³/mol. The number of hydrogen-bond acceptors (Lipinski definition) is 4. The van der Waals surface area contributed by atoms with Crippen LogP contribution < -0.4 is 11.1 Å². The van der Waals surface area contributed by atoms with Crippen LogP contribution in [0.25, 0.3) is 0 Å². The Morgan fingerprint density at radius 3 is 2.73 bits per heavy atom. The molecule has 22 heavy (non-hydrogen) atoms. The standard InChI is InChI=1S/C18H28N2O2/c1-12-7-14(11-18(2,3)10-12)20-16-6-5-13(8-15(16)19)9-17(21)22-4/h5-6,8,12,14,20H,7,9-11,19H2,1-4H3/t12-,14+/m0/s1. The first-order valence-corrected chi connectivity index (χ1v) is 8.01. The summed E-state index contributed by atoms with van der Waals surface area (Å²) in [6, 6.07) is 6.22. The molecule has 1 saturated carbocycles. The molecule has 0 aliphatic heterocycles. The van der Waals surface area contributed by atoms with Crippen molar-refractivity contribution in [2.45, 2.75) is 52.5 Å². The fourth-order valence-corrected chi connectivity index (χ4v) is 3.77. The van der Waals surface area contributed by atoms with E-state index in [1.165, 1.54) is 20.0 Å². The van der Waals surface area contributed by atoms with Crippen LogP contribution in [-0.4, -0.2) is 19.1 Å². The number of hydrogen-bond donors (Lipinski definition) is 2. The average Bonchev–Trinajstić information content (AvgIpc) is 2.39. The lowest BCUT2D eigenvalue weighted by atomic mass is 9.70. The number of rotatable bonds is 4. The van der Waals surface area contributed by atoms with Gasteiger partial charge < -0.3 is 15.8 Å². The highest BCUT2D eigenvalue weighted by Gasteiger charge is 2.32. The summed E-state index contributed by atoms with van der Waals surface area (Å²) in [4.78, 5) is 11.3. The summed E-state index contributed by atoms with van der Waals surface area (Å²) < 4.78 is 4.69. The van der Waals surface area contributed by atoms with Crippen molar-refractivity contribution in [1.29, 1.82) is 0 Å². The van der Waals surface area contributed by atoms with Gasteiger partial charge in [0.05, 0.1) is 24.9 Å². The average molecular weight is 304 g/mol. The summed E-state index contributed by atoms with van der Waals surface area (Å²) in [6.07, 6.45) is 3.86. The van der Waals surface area contributed by atoms with Gasteiger partial charge in [0, 0.05) is 6.04 Å². The molecule has 0 heterocycles. The summed E-state index contributed by atoms with van der Waals surface area (Å²) in [5.74, 6) is 0.476. The SMILES string of the molecule is COC(=O)Cc1ccc(N[C@@H]2C[C@H](C)CC(C)(C)C2)c(N)c1. The highest BCUT2D eigenvalue weighted by Crippen LogP contribution is 2.40. The summed E-state index contributed by atoms with van der Waals surface area (Å²) in [5, 5.41) is 3.59. The first kappa shape index (κ1) is 16.7. The second-order valence-electron chi connectivity index (χ2n) is 7.43. The Labute approximate surface area is 133 Å². The Morgan fingerprint density at radius 2 is 2.14 bits per heavy atom. The van der Waals surface area contributed by atoms with Gasteiger partial charge in [-0.25, -0.2) is 0 Å². The molecular weight excluding hydrogens is 276 g/mol. The number of nitrogens with one attached hydrogen (secondary N) is 1. The van der Waals surface area contributed by atoms with Crippen LogP contribution >= 0.6 is 0 Å².